The number of fused-ring (bicyclic) bond motifs is 1. The Morgan fingerprint density at radius 2 is 1.34 bits per heavy atom. The first-order chi connectivity index (χ1) is 14.0. The molecule has 3 aliphatic rings. The molecule has 2 aliphatic carbocycles. The molecule has 0 aromatic carbocycles. The van der Waals surface area contributed by atoms with E-state index in [1.54, 1.807) is 0 Å². The van der Waals surface area contributed by atoms with E-state index in [0.717, 1.165) is 25.4 Å². The maximum atomic E-state index is 9.77. The topological polar surface area (TPSA) is 58.9 Å². The highest BCUT2D eigenvalue weighted by Crippen LogP contribution is 2.49. The fourth-order valence-corrected chi connectivity index (χ4v) is 7.17. The fourth-order valence-electron chi connectivity index (χ4n) is 5.10. The van der Waals surface area contributed by atoms with Crippen LogP contribution in [0, 0.1) is 17.8 Å². The van der Waals surface area contributed by atoms with E-state index in [4.69, 9.17) is 17.3 Å². The number of hydrogen-bond acceptors (Lipinski definition) is 4. The first-order valence-corrected chi connectivity index (χ1v) is 17.9. The summed E-state index contributed by atoms with van der Waals surface area (Å²) in [6, 6.07) is 0. The van der Waals surface area contributed by atoms with Gasteiger partial charge in [-0.2, -0.15) is 0 Å². The van der Waals surface area contributed by atoms with Gasteiger partial charge >= 0.3 is 0 Å². The molecule has 1 saturated heterocycles. The summed E-state index contributed by atoms with van der Waals surface area (Å²) >= 11 is 0. The van der Waals surface area contributed by atoms with Crippen LogP contribution in [0.5, 0.6) is 0 Å². The highest BCUT2D eigenvalue weighted by atomic mass is 31.2. The summed E-state index contributed by atoms with van der Waals surface area (Å²) in [7, 11) is 6.16. The molecule has 1 heterocycles. The molecule has 8 unspecified atom stereocenters. The van der Waals surface area contributed by atoms with Crippen molar-refractivity contribution in [3.8, 4) is 0 Å². The van der Waals surface area contributed by atoms with Gasteiger partial charge in [0, 0.05) is 0 Å². The molecule has 32 heavy (non-hydrogen) atoms. The second kappa shape index (κ2) is 11.5. The third-order valence-corrected chi connectivity index (χ3v) is 9.86. The predicted molar refractivity (Wildman–Crippen MR) is 148 cm³/mol. The molecular weight excluding hydrogens is 437 g/mol. The molecule has 2 radical (unpaired) electrons. The van der Waals surface area contributed by atoms with E-state index in [-0.39, 0.29) is 31.4 Å². The smallest absolute Gasteiger partial charge is 0.163 e. The molecule has 4 nitrogen and oxygen atoms in total. The van der Waals surface area contributed by atoms with Gasteiger partial charge in [-0.3, -0.25) is 0 Å². The molecule has 188 valence electrons. The van der Waals surface area contributed by atoms with Crippen LogP contribution in [-0.2, 0) is 9.47 Å². The second-order valence-corrected chi connectivity index (χ2v) is 20.7. The lowest BCUT2D eigenvalue weighted by molar-refractivity contribution is -0.156. The molecule has 7 heteroatoms. The summed E-state index contributed by atoms with van der Waals surface area (Å²) in [6.45, 7) is 13.1. The Hall–Kier alpha value is 0.505. The monoisotopic (exact) mass is 488 g/mol. The Morgan fingerprint density at radius 1 is 0.875 bits per heavy atom. The lowest BCUT2D eigenvalue weighted by atomic mass is 9.83. The van der Waals surface area contributed by atoms with Gasteiger partial charge in [0.25, 0.3) is 0 Å². The first-order valence-electron chi connectivity index (χ1n) is 11.8. The lowest BCUT2D eigenvalue weighted by Gasteiger charge is -2.24. The van der Waals surface area contributed by atoms with Crippen LogP contribution < -0.4 is 0 Å². The normalized spacial score (nSPS) is 38.5. The van der Waals surface area contributed by atoms with E-state index in [2.05, 4.69) is 39.3 Å². The average Bonchev–Trinajstić information content (AvgIpc) is 3.16. The lowest BCUT2D eigenvalue weighted by Crippen LogP contribution is -2.27. The Bertz CT molecular complexity index is 685. The van der Waals surface area contributed by atoms with Gasteiger partial charge in [-0.25, -0.2) is 0 Å². The Labute approximate surface area is 200 Å². The van der Waals surface area contributed by atoms with Crippen LogP contribution >= 0.6 is 13.8 Å². The maximum Gasteiger partial charge on any atom is 0.163 e. The van der Waals surface area contributed by atoms with Crippen LogP contribution in [0.1, 0.15) is 53.9 Å². The van der Waals surface area contributed by atoms with Crippen LogP contribution in [0.15, 0.2) is 0 Å². The van der Waals surface area contributed by atoms with E-state index >= 15 is 0 Å². The van der Waals surface area contributed by atoms with Crippen molar-refractivity contribution in [2.45, 2.75) is 89.9 Å². The summed E-state index contributed by atoms with van der Waals surface area (Å²) < 4.78 is 11.9. The number of aliphatic hydroxyl groups is 2. The van der Waals surface area contributed by atoms with Crippen molar-refractivity contribution in [2.24, 2.45) is 17.8 Å². The zero-order valence-electron chi connectivity index (χ0n) is 21.0. The summed E-state index contributed by atoms with van der Waals surface area (Å²) in [5.41, 5.74) is 0. The number of aliphatic hydroxyl groups excluding tert-OH is 2. The van der Waals surface area contributed by atoms with Crippen molar-refractivity contribution in [1.82, 2.24) is 0 Å². The minimum atomic E-state index is -0.977. The summed E-state index contributed by atoms with van der Waals surface area (Å²) in [5.74, 6) is 0.777. The van der Waals surface area contributed by atoms with E-state index in [9.17, 15) is 10.2 Å². The van der Waals surface area contributed by atoms with Gasteiger partial charge in [-0.05, 0) is 95.7 Å². The highest BCUT2D eigenvalue weighted by molar-refractivity contribution is 7.72. The molecule has 8 atom stereocenters. The minimum Gasteiger partial charge on any atom is -0.390 e. The van der Waals surface area contributed by atoms with Crippen molar-refractivity contribution < 1.29 is 19.7 Å². The Balaban J connectivity index is 0.000000316. The quantitative estimate of drug-likeness (QED) is 0.421. The molecule has 0 amide bonds. The Kier molecular flexibility index (Phi) is 11.0. The van der Waals surface area contributed by atoms with Crippen LogP contribution in [0.2, 0.25) is 5.82 Å². The molecule has 2 saturated carbocycles. The third-order valence-electron chi connectivity index (χ3n) is 6.93. The molecule has 1 aliphatic heterocycles. The molecule has 0 aromatic rings. The molecule has 2 N–H and O–H groups in total. The van der Waals surface area contributed by atoms with Gasteiger partial charge in [0.05, 0.1) is 32.3 Å². The largest absolute Gasteiger partial charge is 0.390 e. The SMILES string of the molecule is C.C=P(C)(C)CCC1CC(C)C(O)C1O.[B]C1CC(CCP(=C)(C)C)C2OC(C)(C)OC12. The standard InChI is InChI=1S/C13H24BO2P.C11H23O2P.CH4/c1-13(2)15-11-9(6-7-17(3,4)5)8-10(14)12(11)16-13;1-8-7-9(11(13)10(8)12)5-6-14(2,3)4;/h9-12H,3,6-8H2,1-2,4-5H3;8-13H,2,5-7H2,1,3-4H3;1H4. The van der Waals surface area contributed by atoms with Crippen LogP contribution in [0.3, 0.4) is 0 Å². The number of ether oxygens (including phenoxy) is 2. The third kappa shape index (κ3) is 8.94. The van der Waals surface area contributed by atoms with E-state index in [0.29, 0.717) is 11.8 Å². The van der Waals surface area contributed by atoms with Gasteiger partial charge in [0.1, 0.15) is 0 Å². The fraction of sp³-hybridized carbons (Fsp3) is 0.920. The zero-order chi connectivity index (χ0) is 23.8. The zero-order valence-corrected chi connectivity index (χ0v) is 22.7. The van der Waals surface area contributed by atoms with Crippen molar-refractivity contribution >= 4 is 34.2 Å². The minimum absolute atomic E-state index is 0. The first kappa shape index (κ1) is 30.5. The molecule has 3 fully saturated rings. The predicted octanol–water partition coefficient (Wildman–Crippen LogP) is 4.68. The van der Waals surface area contributed by atoms with E-state index in [1.165, 1.54) is 12.6 Å². The highest BCUT2D eigenvalue weighted by Gasteiger charge is 2.51. The van der Waals surface area contributed by atoms with E-state index in [1.807, 2.05) is 20.8 Å². The van der Waals surface area contributed by atoms with Gasteiger partial charge in [0.2, 0.25) is 0 Å². The van der Waals surface area contributed by atoms with E-state index < -0.39 is 31.8 Å². The number of rotatable bonds is 6. The summed E-state index contributed by atoms with van der Waals surface area (Å²) in [6.07, 6.45) is 14.3. The summed E-state index contributed by atoms with van der Waals surface area (Å²) in [4.78, 5) is 0. The molecule has 0 spiro atoms. The van der Waals surface area contributed by atoms with Crippen molar-refractivity contribution in [1.29, 1.82) is 0 Å². The summed E-state index contributed by atoms with van der Waals surface area (Å²) in [5, 5.41) is 19.4. The Morgan fingerprint density at radius 3 is 1.78 bits per heavy atom. The number of hydrogen-bond donors (Lipinski definition) is 2. The van der Waals surface area contributed by atoms with Gasteiger partial charge < -0.3 is 19.7 Å². The molecule has 0 aromatic heterocycles. The van der Waals surface area contributed by atoms with Gasteiger partial charge in [-0.15, -0.1) is 26.4 Å². The second-order valence-electron chi connectivity index (χ2n) is 12.1. The van der Waals surface area contributed by atoms with Crippen molar-refractivity contribution in [3.63, 3.8) is 0 Å². The van der Waals surface area contributed by atoms with Gasteiger partial charge in [0.15, 0.2) is 5.79 Å². The molecule has 3 rings (SSSR count). The van der Waals surface area contributed by atoms with Gasteiger partial charge in [-0.1, -0.05) is 20.8 Å². The van der Waals surface area contributed by atoms with Crippen LogP contribution in [-0.4, -0.2) is 99.8 Å². The van der Waals surface area contributed by atoms with Crippen molar-refractivity contribution in [2.75, 3.05) is 39.0 Å². The van der Waals surface area contributed by atoms with Crippen molar-refractivity contribution in [3.05, 3.63) is 0 Å². The molecular formula is C25H51BO4P2. The molecule has 0 bridgehead atoms. The maximum absolute atomic E-state index is 9.77. The average molecular weight is 488 g/mol. The van der Waals surface area contributed by atoms with Crippen LogP contribution in [0.25, 0.3) is 0 Å². The van der Waals surface area contributed by atoms with Crippen LogP contribution in [0.4, 0.5) is 0 Å².